The van der Waals surface area contributed by atoms with Crippen LogP contribution in [-0.2, 0) is 6.54 Å². The Morgan fingerprint density at radius 1 is 1.03 bits per heavy atom. The van der Waals surface area contributed by atoms with Crippen molar-refractivity contribution in [1.82, 2.24) is 15.5 Å². The molecule has 0 radical (unpaired) electrons. The first-order valence-electron chi connectivity index (χ1n) is 11.7. The Balaban J connectivity index is 0.00000320. The molecule has 0 saturated carbocycles. The Labute approximate surface area is 201 Å². The molecular weight excluding hydrogens is 485 g/mol. The number of piperidine rings is 2. The number of aliphatic imine (C=N–C) groups is 1. The van der Waals surface area contributed by atoms with E-state index in [1.807, 2.05) is 0 Å². The van der Waals surface area contributed by atoms with Crippen LogP contribution in [-0.4, -0.2) is 55.7 Å². The average molecular weight is 528 g/mol. The third-order valence-corrected chi connectivity index (χ3v) is 6.45. The van der Waals surface area contributed by atoms with Gasteiger partial charge < -0.3 is 20.4 Å². The fourth-order valence-electron chi connectivity index (χ4n) is 4.32. The first kappa shape index (κ1) is 25.2. The van der Waals surface area contributed by atoms with Gasteiger partial charge in [0.05, 0.1) is 6.54 Å². The minimum atomic E-state index is 0. The highest BCUT2D eigenvalue weighted by Crippen LogP contribution is 2.23. The van der Waals surface area contributed by atoms with E-state index in [9.17, 15) is 0 Å². The largest absolute Gasteiger partial charge is 0.372 e. The van der Waals surface area contributed by atoms with Crippen LogP contribution < -0.4 is 15.5 Å². The van der Waals surface area contributed by atoms with Crippen molar-refractivity contribution in [2.75, 3.05) is 37.6 Å². The molecule has 3 rings (SSSR count). The van der Waals surface area contributed by atoms with Crippen LogP contribution in [0.4, 0.5) is 5.69 Å². The summed E-state index contributed by atoms with van der Waals surface area (Å²) in [6, 6.07) is 10.2. The molecule has 1 aromatic carbocycles. The Morgan fingerprint density at radius 2 is 1.67 bits per heavy atom. The first-order valence-corrected chi connectivity index (χ1v) is 11.7. The molecule has 2 aliphatic heterocycles. The highest BCUT2D eigenvalue weighted by molar-refractivity contribution is 14.0. The van der Waals surface area contributed by atoms with E-state index in [2.05, 4.69) is 72.4 Å². The van der Waals surface area contributed by atoms with Gasteiger partial charge in [-0.3, -0.25) is 0 Å². The number of nitrogens with zero attached hydrogens (tertiary/aromatic N) is 3. The molecule has 0 bridgehead atoms. The van der Waals surface area contributed by atoms with Crippen molar-refractivity contribution in [3.63, 3.8) is 0 Å². The lowest BCUT2D eigenvalue weighted by Gasteiger charge is -2.35. The van der Waals surface area contributed by atoms with E-state index in [0.29, 0.717) is 12.1 Å². The molecule has 0 aromatic heterocycles. The standard InChI is InChI=1S/C24H41N5.HI/c1-5-25-24(27-22-12-16-28(17-13-22)19(2)3)26-18-21-6-8-23(9-7-21)29-14-10-20(4)11-15-29;/h6-9,19-20,22H,5,10-18H2,1-4H3,(H2,25,26,27);1H. The third-order valence-electron chi connectivity index (χ3n) is 6.45. The number of halogens is 1. The normalized spacial score (nSPS) is 19.6. The van der Waals surface area contributed by atoms with Gasteiger partial charge in [-0.15, -0.1) is 24.0 Å². The van der Waals surface area contributed by atoms with Crippen molar-refractivity contribution < 1.29 is 0 Å². The molecule has 2 aliphatic rings. The Bertz CT molecular complexity index is 630. The minimum Gasteiger partial charge on any atom is -0.372 e. The van der Waals surface area contributed by atoms with Gasteiger partial charge in [0.25, 0.3) is 0 Å². The van der Waals surface area contributed by atoms with Crippen molar-refractivity contribution in [2.24, 2.45) is 10.9 Å². The zero-order valence-electron chi connectivity index (χ0n) is 19.4. The maximum Gasteiger partial charge on any atom is 0.191 e. The van der Waals surface area contributed by atoms with Crippen molar-refractivity contribution in [2.45, 2.75) is 72.0 Å². The van der Waals surface area contributed by atoms with E-state index in [0.717, 1.165) is 25.0 Å². The summed E-state index contributed by atoms with van der Waals surface area (Å²) in [7, 11) is 0. The van der Waals surface area contributed by atoms with Gasteiger partial charge in [-0.1, -0.05) is 19.1 Å². The summed E-state index contributed by atoms with van der Waals surface area (Å²) in [6.45, 7) is 15.4. The molecular formula is C24H42IN5. The minimum absolute atomic E-state index is 0. The van der Waals surface area contributed by atoms with Crippen LogP contribution in [0.5, 0.6) is 0 Å². The van der Waals surface area contributed by atoms with E-state index in [-0.39, 0.29) is 24.0 Å². The molecule has 2 N–H and O–H groups in total. The van der Waals surface area contributed by atoms with E-state index in [4.69, 9.17) is 4.99 Å². The number of hydrogen-bond donors (Lipinski definition) is 2. The van der Waals surface area contributed by atoms with Gasteiger partial charge in [-0.05, 0) is 70.1 Å². The van der Waals surface area contributed by atoms with Gasteiger partial charge in [-0.25, -0.2) is 4.99 Å². The maximum atomic E-state index is 4.85. The lowest BCUT2D eigenvalue weighted by molar-refractivity contribution is 0.167. The molecule has 0 spiro atoms. The van der Waals surface area contributed by atoms with Crippen molar-refractivity contribution in [3.05, 3.63) is 29.8 Å². The Hall–Kier alpha value is -1.02. The second-order valence-corrected chi connectivity index (χ2v) is 9.08. The smallest absolute Gasteiger partial charge is 0.191 e. The summed E-state index contributed by atoms with van der Waals surface area (Å²) in [5.74, 6) is 1.82. The topological polar surface area (TPSA) is 42.9 Å². The first-order chi connectivity index (χ1) is 14.0. The number of hydrogen-bond acceptors (Lipinski definition) is 3. The number of anilines is 1. The Morgan fingerprint density at radius 3 is 2.23 bits per heavy atom. The Kier molecular flexibility index (Phi) is 10.7. The number of nitrogens with one attached hydrogen (secondary N) is 2. The predicted molar refractivity (Wildman–Crippen MR) is 140 cm³/mol. The molecule has 5 nitrogen and oxygen atoms in total. The zero-order chi connectivity index (χ0) is 20.6. The highest BCUT2D eigenvalue weighted by atomic mass is 127. The van der Waals surface area contributed by atoms with Crippen LogP contribution in [0.15, 0.2) is 29.3 Å². The number of benzene rings is 1. The summed E-state index contributed by atoms with van der Waals surface area (Å²) in [6.07, 6.45) is 4.98. The second kappa shape index (κ2) is 12.7. The van der Waals surface area contributed by atoms with E-state index < -0.39 is 0 Å². The fraction of sp³-hybridized carbons (Fsp3) is 0.708. The van der Waals surface area contributed by atoms with Crippen LogP contribution in [0.1, 0.15) is 58.9 Å². The highest BCUT2D eigenvalue weighted by Gasteiger charge is 2.21. The maximum absolute atomic E-state index is 4.85. The van der Waals surface area contributed by atoms with Crippen LogP contribution in [0.25, 0.3) is 0 Å². The molecule has 0 unspecified atom stereocenters. The molecule has 30 heavy (non-hydrogen) atoms. The summed E-state index contributed by atoms with van der Waals surface area (Å²) in [5.41, 5.74) is 2.62. The lowest BCUT2D eigenvalue weighted by Crippen LogP contribution is -2.49. The van der Waals surface area contributed by atoms with E-state index in [1.54, 1.807) is 0 Å². The molecule has 2 heterocycles. The third kappa shape index (κ3) is 7.59. The summed E-state index contributed by atoms with van der Waals surface area (Å²) in [4.78, 5) is 9.93. The molecule has 170 valence electrons. The van der Waals surface area contributed by atoms with Crippen LogP contribution in [0.2, 0.25) is 0 Å². The SMILES string of the molecule is CCNC(=NCc1ccc(N2CCC(C)CC2)cc1)NC1CCN(C(C)C)CC1.I. The summed E-state index contributed by atoms with van der Waals surface area (Å²) >= 11 is 0. The zero-order valence-corrected chi connectivity index (χ0v) is 21.7. The van der Waals surface area contributed by atoms with Crippen LogP contribution >= 0.6 is 24.0 Å². The molecule has 0 amide bonds. The summed E-state index contributed by atoms with van der Waals surface area (Å²) < 4.78 is 0. The predicted octanol–water partition coefficient (Wildman–Crippen LogP) is 4.47. The number of rotatable bonds is 6. The van der Waals surface area contributed by atoms with Gasteiger partial charge in [0, 0.05) is 50.5 Å². The van der Waals surface area contributed by atoms with Crippen molar-refractivity contribution in [3.8, 4) is 0 Å². The monoisotopic (exact) mass is 527 g/mol. The van der Waals surface area contributed by atoms with Gasteiger partial charge in [0.2, 0.25) is 0 Å². The summed E-state index contributed by atoms with van der Waals surface area (Å²) in [5, 5.41) is 7.08. The van der Waals surface area contributed by atoms with Crippen LogP contribution in [0.3, 0.4) is 0 Å². The van der Waals surface area contributed by atoms with E-state index >= 15 is 0 Å². The number of guanidine groups is 1. The average Bonchev–Trinajstić information content (AvgIpc) is 2.73. The van der Waals surface area contributed by atoms with Gasteiger partial charge in [-0.2, -0.15) is 0 Å². The van der Waals surface area contributed by atoms with Crippen molar-refractivity contribution >= 4 is 35.6 Å². The molecule has 2 fully saturated rings. The molecule has 2 saturated heterocycles. The molecule has 0 aliphatic carbocycles. The second-order valence-electron chi connectivity index (χ2n) is 9.08. The fourth-order valence-corrected chi connectivity index (χ4v) is 4.32. The molecule has 1 aromatic rings. The van der Waals surface area contributed by atoms with Gasteiger partial charge in [0.15, 0.2) is 5.96 Å². The molecule has 6 heteroatoms. The molecule has 0 atom stereocenters. The number of likely N-dealkylation sites (tertiary alicyclic amines) is 1. The van der Waals surface area contributed by atoms with E-state index in [1.165, 1.54) is 63.1 Å². The lowest BCUT2D eigenvalue weighted by atomic mass is 9.99. The van der Waals surface area contributed by atoms with Crippen molar-refractivity contribution in [1.29, 1.82) is 0 Å². The van der Waals surface area contributed by atoms with Gasteiger partial charge in [0.1, 0.15) is 0 Å². The quantitative estimate of drug-likeness (QED) is 0.326. The van der Waals surface area contributed by atoms with Crippen LogP contribution in [0, 0.1) is 5.92 Å². The van der Waals surface area contributed by atoms with Gasteiger partial charge >= 0.3 is 0 Å².